The van der Waals surface area contributed by atoms with E-state index < -0.39 is 28.5 Å². The Bertz CT molecular complexity index is 1120. The minimum atomic E-state index is -3.84. The van der Waals surface area contributed by atoms with Crippen molar-refractivity contribution in [1.29, 1.82) is 0 Å². The summed E-state index contributed by atoms with van der Waals surface area (Å²) >= 11 is 0. The first-order valence-corrected chi connectivity index (χ1v) is 12.7. The van der Waals surface area contributed by atoms with Crippen LogP contribution in [0.2, 0.25) is 0 Å². The summed E-state index contributed by atoms with van der Waals surface area (Å²) in [5.41, 5.74) is 2.08. The summed E-state index contributed by atoms with van der Waals surface area (Å²) in [5.74, 6) is -0.0621. The summed E-state index contributed by atoms with van der Waals surface area (Å²) in [6.07, 6.45) is 1.39. The number of aryl methyl sites for hydroxylation is 1. The lowest BCUT2D eigenvalue weighted by molar-refractivity contribution is -0.140. The van der Waals surface area contributed by atoms with E-state index in [1.165, 1.54) is 38.3 Å². The number of carbonyl (C=O) groups excluding carboxylic acids is 2. The zero-order valence-corrected chi connectivity index (χ0v) is 21.3. The average molecular weight is 492 g/mol. The van der Waals surface area contributed by atoms with E-state index in [0.717, 1.165) is 21.7 Å². The molecule has 186 valence electrons. The maximum Gasteiger partial charge on any atom is 0.244 e. The van der Waals surface area contributed by atoms with Crippen LogP contribution in [0.5, 0.6) is 11.5 Å². The number of methoxy groups -OCH3 is 2. The number of hydrogen-bond acceptors (Lipinski definition) is 6. The highest BCUT2D eigenvalue weighted by Crippen LogP contribution is 2.32. The van der Waals surface area contributed by atoms with Crippen molar-refractivity contribution >= 4 is 27.5 Å². The Morgan fingerprint density at radius 1 is 1.06 bits per heavy atom. The Kier molecular flexibility index (Phi) is 9.31. The zero-order valence-electron chi connectivity index (χ0n) is 20.5. The maximum absolute atomic E-state index is 13.6. The number of ether oxygens (including phenoxy) is 2. The molecular formula is C24H33N3O6S. The van der Waals surface area contributed by atoms with Gasteiger partial charge in [-0.05, 0) is 36.6 Å². The minimum Gasteiger partial charge on any atom is -0.493 e. The van der Waals surface area contributed by atoms with E-state index in [1.54, 1.807) is 13.0 Å². The normalized spacial score (nSPS) is 11.9. The number of nitrogens with one attached hydrogen (secondary N) is 1. The van der Waals surface area contributed by atoms with Crippen molar-refractivity contribution in [3.8, 4) is 11.5 Å². The smallest absolute Gasteiger partial charge is 0.244 e. The van der Waals surface area contributed by atoms with Crippen LogP contribution in [0, 0.1) is 6.92 Å². The van der Waals surface area contributed by atoms with Crippen LogP contribution in [0.25, 0.3) is 0 Å². The van der Waals surface area contributed by atoms with Gasteiger partial charge in [-0.1, -0.05) is 31.2 Å². The van der Waals surface area contributed by atoms with Gasteiger partial charge in [0.2, 0.25) is 21.8 Å². The van der Waals surface area contributed by atoms with E-state index >= 15 is 0 Å². The van der Waals surface area contributed by atoms with Gasteiger partial charge in [0.15, 0.2) is 11.5 Å². The topological polar surface area (TPSA) is 105 Å². The molecule has 0 radical (unpaired) electrons. The van der Waals surface area contributed by atoms with E-state index in [4.69, 9.17) is 9.47 Å². The van der Waals surface area contributed by atoms with E-state index in [1.807, 2.05) is 31.2 Å². The molecule has 0 unspecified atom stereocenters. The molecule has 0 heterocycles. The number of likely N-dealkylation sites (N-methyl/N-ethyl adjacent to an activating group) is 1. The molecule has 9 nitrogen and oxygen atoms in total. The molecule has 1 N–H and O–H groups in total. The number of amides is 2. The van der Waals surface area contributed by atoms with Gasteiger partial charge in [0.05, 0.1) is 26.2 Å². The number of carbonyl (C=O) groups is 2. The van der Waals surface area contributed by atoms with E-state index in [0.29, 0.717) is 17.9 Å². The first kappa shape index (κ1) is 27.0. The third kappa shape index (κ3) is 6.40. The Hall–Kier alpha value is -3.27. The van der Waals surface area contributed by atoms with Crippen molar-refractivity contribution in [2.75, 3.05) is 38.4 Å². The molecule has 0 aromatic heterocycles. The van der Waals surface area contributed by atoms with E-state index in [-0.39, 0.29) is 18.1 Å². The van der Waals surface area contributed by atoms with Gasteiger partial charge < -0.3 is 19.7 Å². The molecular weight excluding hydrogens is 458 g/mol. The van der Waals surface area contributed by atoms with Gasteiger partial charge in [0.25, 0.3) is 0 Å². The highest BCUT2D eigenvalue weighted by molar-refractivity contribution is 7.92. The van der Waals surface area contributed by atoms with Gasteiger partial charge in [0, 0.05) is 19.7 Å². The summed E-state index contributed by atoms with van der Waals surface area (Å²) in [7, 11) is 0.582. The molecule has 0 aliphatic heterocycles. The van der Waals surface area contributed by atoms with Crippen LogP contribution >= 0.6 is 0 Å². The molecule has 0 bridgehead atoms. The number of hydrogen-bond donors (Lipinski definition) is 1. The lowest BCUT2D eigenvalue weighted by Gasteiger charge is -2.33. The zero-order chi connectivity index (χ0) is 25.5. The fourth-order valence-corrected chi connectivity index (χ4v) is 4.49. The molecule has 2 aromatic rings. The van der Waals surface area contributed by atoms with Crippen LogP contribution < -0.4 is 19.1 Å². The second kappa shape index (κ2) is 11.7. The van der Waals surface area contributed by atoms with Crippen molar-refractivity contribution in [2.24, 2.45) is 0 Å². The lowest BCUT2D eigenvalue weighted by Crippen LogP contribution is -2.51. The number of rotatable bonds is 11. The van der Waals surface area contributed by atoms with Crippen molar-refractivity contribution < 1.29 is 27.5 Å². The van der Waals surface area contributed by atoms with Crippen molar-refractivity contribution in [1.82, 2.24) is 10.2 Å². The molecule has 1 atom stereocenters. The quantitative estimate of drug-likeness (QED) is 0.517. The van der Waals surface area contributed by atoms with Crippen LogP contribution in [-0.2, 0) is 26.2 Å². The first-order chi connectivity index (χ1) is 16.1. The van der Waals surface area contributed by atoms with E-state index in [9.17, 15) is 18.0 Å². The molecule has 2 amide bonds. The van der Waals surface area contributed by atoms with Gasteiger partial charge in [-0.25, -0.2) is 8.42 Å². The Morgan fingerprint density at radius 3 is 2.24 bits per heavy atom. The maximum atomic E-state index is 13.6. The molecule has 0 saturated carbocycles. The van der Waals surface area contributed by atoms with Crippen molar-refractivity contribution in [2.45, 2.75) is 32.9 Å². The number of benzene rings is 2. The van der Waals surface area contributed by atoms with Crippen LogP contribution in [0.3, 0.4) is 0 Å². The second-order valence-electron chi connectivity index (χ2n) is 7.80. The molecule has 2 aromatic carbocycles. The Morgan fingerprint density at radius 2 is 1.71 bits per heavy atom. The van der Waals surface area contributed by atoms with Crippen LogP contribution in [0.4, 0.5) is 5.69 Å². The van der Waals surface area contributed by atoms with Crippen LogP contribution in [0.1, 0.15) is 24.5 Å². The van der Waals surface area contributed by atoms with Crippen molar-refractivity contribution in [3.63, 3.8) is 0 Å². The molecule has 34 heavy (non-hydrogen) atoms. The number of sulfonamides is 1. The predicted molar refractivity (Wildman–Crippen MR) is 132 cm³/mol. The minimum absolute atomic E-state index is 0.168. The summed E-state index contributed by atoms with van der Waals surface area (Å²) < 4.78 is 36.9. The third-order valence-electron chi connectivity index (χ3n) is 5.57. The van der Waals surface area contributed by atoms with E-state index in [2.05, 4.69) is 5.32 Å². The molecule has 0 fully saturated rings. The fourth-order valence-electron chi connectivity index (χ4n) is 3.65. The van der Waals surface area contributed by atoms with Crippen molar-refractivity contribution in [3.05, 3.63) is 53.6 Å². The lowest BCUT2D eigenvalue weighted by atomic mass is 10.1. The largest absolute Gasteiger partial charge is 0.493 e. The standard InChI is InChI=1S/C24H33N3O6S/c1-7-20(24(29)25-3)26(15-18-11-9-8-10-17(18)2)23(28)16-27(34(6,30)31)19-12-13-21(32-4)22(14-19)33-5/h8-14,20H,7,15-16H2,1-6H3,(H,25,29)/t20-/m1/s1. The molecule has 2 rings (SSSR count). The monoisotopic (exact) mass is 491 g/mol. The third-order valence-corrected chi connectivity index (χ3v) is 6.71. The second-order valence-corrected chi connectivity index (χ2v) is 9.70. The number of anilines is 1. The molecule has 10 heteroatoms. The summed E-state index contributed by atoms with van der Waals surface area (Å²) in [6.45, 7) is 3.42. The molecule has 0 spiro atoms. The highest BCUT2D eigenvalue weighted by Gasteiger charge is 2.31. The highest BCUT2D eigenvalue weighted by atomic mass is 32.2. The predicted octanol–water partition coefficient (Wildman–Crippen LogP) is 2.33. The van der Waals surface area contributed by atoms with Gasteiger partial charge in [-0.3, -0.25) is 13.9 Å². The summed E-state index contributed by atoms with van der Waals surface area (Å²) in [6, 6.07) is 11.4. The average Bonchev–Trinajstić information content (AvgIpc) is 2.81. The van der Waals surface area contributed by atoms with Gasteiger partial charge in [-0.15, -0.1) is 0 Å². The van der Waals surface area contributed by atoms with Crippen LogP contribution in [0.15, 0.2) is 42.5 Å². The van der Waals surface area contributed by atoms with Crippen LogP contribution in [-0.4, -0.2) is 65.2 Å². The van der Waals surface area contributed by atoms with Gasteiger partial charge in [0.1, 0.15) is 12.6 Å². The molecule has 0 aliphatic rings. The van der Waals surface area contributed by atoms with Gasteiger partial charge in [-0.2, -0.15) is 0 Å². The van der Waals surface area contributed by atoms with Gasteiger partial charge >= 0.3 is 0 Å². The summed E-state index contributed by atoms with van der Waals surface area (Å²) in [4.78, 5) is 27.6. The summed E-state index contributed by atoms with van der Waals surface area (Å²) in [5, 5.41) is 2.60. The Balaban J connectivity index is 2.49. The molecule has 0 aliphatic carbocycles. The number of nitrogens with zero attached hydrogens (tertiary/aromatic N) is 2. The Labute approximate surface area is 201 Å². The molecule has 0 saturated heterocycles. The SMILES string of the molecule is CC[C@H](C(=O)NC)N(Cc1ccccc1C)C(=O)CN(c1ccc(OC)c(OC)c1)S(C)(=O)=O. The first-order valence-electron chi connectivity index (χ1n) is 10.8. The fraction of sp³-hybridized carbons (Fsp3) is 0.417.